The van der Waals surface area contributed by atoms with Gasteiger partial charge in [0.1, 0.15) is 11.5 Å². The van der Waals surface area contributed by atoms with E-state index in [2.05, 4.69) is 58.9 Å². The van der Waals surface area contributed by atoms with Gasteiger partial charge >= 0.3 is 13.6 Å². The average Bonchev–Trinajstić information content (AvgIpc) is 3.17. The minimum Gasteiger partial charge on any atom is -0.481 e. The molecule has 1 aliphatic heterocycles. The number of ether oxygens (including phenoxy) is 2. The van der Waals surface area contributed by atoms with Crippen LogP contribution in [0.5, 0.6) is 11.5 Å². The molecule has 4 rings (SSSR count). The lowest BCUT2D eigenvalue weighted by Gasteiger charge is -2.30. The summed E-state index contributed by atoms with van der Waals surface area (Å²) in [5, 5.41) is 0.610. The second-order valence-electron chi connectivity index (χ2n) is 15.9. The Kier molecular flexibility index (Phi) is 20.3. The van der Waals surface area contributed by atoms with Gasteiger partial charge in [0, 0.05) is 17.9 Å². The number of hydrogen-bond acceptors (Lipinski definition) is 6. The fourth-order valence-corrected chi connectivity index (χ4v) is 9.07. The van der Waals surface area contributed by atoms with E-state index in [9.17, 15) is 9.36 Å². The molecule has 6 nitrogen and oxygen atoms in total. The van der Waals surface area contributed by atoms with Crippen LogP contribution in [0.15, 0.2) is 66.7 Å². The molecular weight excluding hydrogens is 739 g/mol. The Hall–Kier alpha value is -2.89. The first-order valence-corrected chi connectivity index (χ1v) is 23.6. The van der Waals surface area contributed by atoms with Gasteiger partial charge in [-0.3, -0.25) is 13.9 Å². The van der Waals surface area contributed by atoms with Gasteiger partial charge in [-0.25, -0.2) is 0 Å². The molecule has 0 aromatic heterocycles. The Morgan fingerprint density at radius 2 is 1.50 bits per heavy atom. The standard InChI is InChI=1S/C48H68ClO6P/c1-6-7-8-9-10-11-12-13-14-15-16-17-18-19-20-21-22-26-48(50)54-47-28-27-40(33-44(47)37(2)3)34-45-38(4)31-43(32-39(45)5)52-36-56(51)53-30-29-46(55-56)41-24-23-25-42(49)35-41/h13-14,23-25,27-28,31-33,35,37,46H,6-12,15-22,26,29-30,34,36H2,1-5H3/b14-13-/t46-,56+/m0/s1. The third kappa shape index (κ3) is 16.2. The SMILES string of the molecule is CCCCCCCC/C=C\CCCCCCCCCC(=O)Oc1ccc(Cc2c(C)cc(OC[P@@]3(=O)OCC[C@@H](c4cccc(Cl)c4)O3)cc2C)cc1C(C)C. The van der Waals surface area contributed by atoms with Gasteiger partial charge in [-0.05, 0) is 122 Å². The number of carbonyl (C=O) groups is 1. The Balaban J connectivity index is 1.17. The lowest BCUT2D eigenvalue weighted by atomic mass is 9.93. The summed E-state index contributed by atoms with van der Waals surface area (Å²) in [6, 6.07) is 17.6. The molecule has 0 saturated carbocycles. The molecule has 1 heterocycles. The van der Waals surface area contributed by atoms with Crippen LogP contribution in [-0.2, 0) is 24.8 Å². The molecular formula is C48H68ClO6P. The summed E-state index contributed by atoms with van der Waals surface area (Å²) < 4.78 is 37.0. The van der Waals surface area contributed by atoms with Crippen LogP contribution in [-0.4, -0.2) is 18.9 Å². The number of carbonyl (C=O) groups excluding carboxylic acids is 1. The van der Waals surface area contributed by atoms with E-state index in [0.29, 0.717) is 36.0 Å². The van der Waals surface area contributed by atoms with Gasteiger partial charge < -0.3 is 14.0 Å². The van der Waals surface area contributed by atoms with Gasteiger partial charge in [-0.2, -0.15) is 0 Å². The van der Waals surface area contributed by atoms with Crippen molar-refractivity contribution < 1.29 is 27.9 Å². The Bertz CT molecular complexity index is 1690. The van der Waals surface area contributed by atoms with Gasteiger partial charge in [-0.15, -0.1) is 0 Å². The van der Waals surface area contributed by atoms with Crippen molar-refractivity contribution in [3.05, 3.63) is 105 Å². The van der Waals surface area contributed by atoms with Crippen molar-refractivity contribution in [3.8, 4) is 11.5 Å². The molecule has 1 aliphatic rings. The second-order valence-corrected chi connectivity index (χ2v) is 18.3. The Morgan fingerprint density at radius 3 is 2.14 bits per heavy atom. The fraction of sp³-hybridized carbons (Fsp3) is 0.562. The highest BCUT2D eigenvalue weighted by atomic mass is 35.5. The monoisotopic (exact) mass is 806 g/mol. The summed E-state index contributed by atoms with van der Waals surface area (Å²) in [6.45, 7) is 11.0. The van der Waals surface area contributed by atoms with Crippen molar-refractivity contribution in [2.45, 2.75) is 162 Å². The number of rotatable bonds is 25. The van der Waals surface area contributed by atoms with Crippen LogP contribution in [0.25, 0.3) is 0 Å². The number of hydrogen-bond donors (Lipinski definition) is 0. The Morgan fingerprint density at radius 1 is 0.857 bits per heavy atom. The maximum atomic E-state index is 13.5. The zero-order valence-electron chi connectivity index (χ0n) is 34.9. The third-order valence-electron chi connectivity index (χ3n) is 10.7. The number of unbranched alkanes of at least 4 members (excludes halogenated alkanes) is 13. The van der Waals surface area contributed by atoms with Crippen molar-refractivity contribution in [1.82, 2.24) is 0 Å². The molecule has 2 atom stereocenters. The molecule has 0 spiro atoms. The van der Waals surface area contributed by atoms with Crippen molar-refractivity contribution in [3.63, 3.8) is 0 Å². The largest absolute Gasteiger partial charge is 0.481 e. The van der Waals surface area contributed by atoms with E-state index in [4.69, 9.17) is 30.1 Å². The number of benzene rings is 3. The Labute approximate surface area is 343 Å². The van der Waals surface area contributed by atoms with Crippen LogP contribution in [0.4, 0.5) is 0 Å². The summed E-state index contributed by atoms with van der Waals surface area (Å²) in [6.07, 6.45) is 24.8. The lowest BCUT2D eigenvalue weighted by molar-refractivity contribution is -0.134. The van der Waals surface area contributed by atoms with Crippen LogP contribution in [0.1, 0.15) is 175 Å². The van der Waals surface area contributed by atoms with E-state index >= 15 is 0 Å². The molecule has 0 radical (unpaired) electrons. The highest BCUT2D eigenvalue weighted by molar-refractivity contribution is 7.53. The number of esters is 1. The normalized spacial score (nSPS) is 17.2. The maximum absolute atomic E-state index is 13.5. The maximum Gasteiger partial charge on any atom is 0.368 e. The fourth-order valence-electron chi connectivity index (χ4n) is 7.37. The van der Waals surface area contributed by atoms with Crippen LogP contribution >= 0.6 is 19.2 Å². The second kappa shape index (κ2) is 24.8. The van der Waals surface area contributed by atoms with Gasteiger partial charge in [0.05, 0.1) is 12.7 Å². The zero-order valence-corrected chi connectivity index (χ0v) is 36.6. The molecule has 0 amide bonds. The molecule has 308 valence electrons. The highest BCUT2D eigenvalue weighted by Crippen LogP contribution is 2.56. The summed E-state index contributed by atoms with van der Waals surface area (Å²) in [4.78, 5) is 12.8. The van der Waals surface area contributed by atoms with E-state index in [1.54, 1.807) is 6.07 Å². The van der Waals surface area contributed by atoms with Crippen molar-refractivity contribution in [2.75, 3.05) is 13.0 Å². The van der Waals surface area contributed by atoms with Crippen LogP contribution < -0.4 is 9.47 Å². The predicted molar refractivity (Wildman–Crippen MR) is 233 cm³/mol. The van der Waals surface area contributed by atoms with Crippen molar-refractivity contribution >= 4 is 25.2 Å². The highest BCUT2D eigenvalue weighted by Gasteiger charge is 2.35. The molecule has 8 heteroatoms. The molecule has 56 heavy (non-hydrogen) atoms. The van der Waals surface area contributed by atoms with E-state index in [0.717, 1.165) is 47.1 Å². The summed E-state index contributed by atoms with van der Waals surface area (Å²) in [7, 11) is -3.47. The third-order valence-corrected chi connectivity index (χ3v) is 12.5. The van der Waals surface area contributed by atoms with Gasteiger partial charge in [0.15, 0.2) is 6.35 Å². The minimum atomic E-state index is -3.47. The van der Waals surface area contributed by atoms with Crippen molar-refractivity contribution in [1.29, 1.82) is 0 Å². The first-order chi connectivity index (χ1) is 27.1. The van der Waals surface area contributed by atoms with Crippen LogP contribution in [0.2, 0.25) is 5.02 Å². The zero-order chi connectivity index (χ0) is 40.2. The van der Waals surface area contributed by atoms with Gasteiger partial charge in [0.25, 0.3) is 0 Å². The number of aryl methyl sites for hydroxylation is 2. The lowest BCUT2D eigenvalue weighted by Crippen LogP contribution is -2.17. The summed E-state index contributed by atoms with van der Waals surface area (Å²) in [5.41, 5.74) is 6.42. The molecule has 0 N–H and O–H groups in total. The smallest absolute Gasteiger partial charge is 0.368 e. The molecule has 0 unspecified atom stereocenters. The molecule has 1 saturated heterocycles. The molecule has 3 aromatic carbocycles. The van der Waals surface area contributed by atoms with Crippen molar-refractivity contribution in [2.24, 2.45) is 0 Å². The van der Waals surface area contributed by atoms with E-state index < -0.39 is 7.60 Å². The van der Waals surface area contributed by atoms with Crippen LogP contribution in [0.3, 0.4) is 0 Å². The molecule has 0 bridgehead atoms. The first-order valence-electron chi connectivity index (χ1n) is 21.5. The number of allylic oxidation sites excluding steroid dienone is 2. The van der Waals surface area contributed by atoms with Gasteiger partial charge in [-0.1, -0.05) is 133 Å². The summed E-state index contributed by atoms with van der Waals surface area (Å²) in [5.74, 6) is 1.34. The topological polar surface area (TPSA) is 71.1 Å². The average molecular weight is 807 g/mol. The molecule has 3 aromatic rings. The first kappa shape index (κ1) is 45.8. The molecule has 0 aliphatic carbocycles. The van der Waals surface area contributed by atoms with E-state index in [1.807, 2.05) is 36.4 Å². The molecule has 1 fully saturated rings. The van der Waals surface area contributed by atoms with Crippen LogP contribution in [0, 0.1) is 13.8 Å². The summed E-state index contributed by atoms with van der Waals surface area (Å²) >= 11 is 6.17. The number of halogens is 1. The van der Waals surface area contributed by atoms with E-state index in [1.165, 1.54) is 89.0 Å². The van der Waals surface area contributed by atoms with E-state index in [-0.39, 0.29) is 24.3 Å². The van der Waals surface area contributed by atoms with Gasteiger partial charge in [0.2, 0.25) is 0 Å². The minimum absolute atomic E-state index is 0.152. The predicted octanol–water partition coefficient (Wildman–Crippen LogP) is 15.1. The quantitative estimate of drug-likeness (QED) is 0.0279.